The summed E-state index contributed by atoms with van der Waals surface area (Å²) in [6, 6.07) is 14.5. The summed E-state index contributed by atoms with van der Waals surface area (Å²) < 4.78 is 0. The number of nitro benzene ring substituents is 1. The summed E-state index contributed by atoms with van der Waals surface area (Å²) in [5.41, 5.74) is 3.20. The Bertz CT molecular complexity index is 789. The van der Waals surface area contributed by atoms with Gasteiger partial charge < -0.3 is 5.32 Å². The van der Waals surface area contributed by atoms with Crippen LogP contribution in [0.3, 0.4) is 0 Å². The van der Waals surface area contributed by atoms with E-state index >= 15 is 0 Å². The number of nitrogens with one attached hydrogen (secondary N) is 1. The second kappa shape index (κ2) is 8.10. The molecule has 1 N–H and O–H groups in total. The third-order valence-corrected chi connectivity index (χ3v) is 4.99. The van der Waals surface area contributed by atoms with Gasteiger partial charge in [0.15, 0.2) is 0 Å². The fourth-order valence-corrected chi connectivity index (χ4v) is 3.41. The van der Waals surface area contributed by atoms with E-state index in [2.05, 4.69) is 41.4 Å². The molecule has 6 nitrogen and oxygen atoms in total. The highest BCUT2D eigenvalue weighted by Gasteiger charge is 2.22. The summed E-state index contributed by atoms with van der Waals surface area (Å²) in [5, 5.41) is 13.7. The highest BCUT2D eigenvalue weighted by molar-refractivity contribution is 5.94. The Kier molecular flexibility index (Phi) is 5.63. The van der Waals surface area contributed by atoms with Gasteiger partial charge in [0.1, 0.15) is 0 Å². The minimum atomic E-state index is -0.469. The first-order valence-electron chi connectivity index (χ1n) is 8.92. The van der Waals surface area contributed by atoms with Crippen LogP contribution in [-0.2, 0) is 13.0 Å². The Balaban J connectivity index is 1.59. The van der Waals surface area contributed by atoms with Crippen LogP contribution >= 0.6 is 0 Å². The second-order valence-electron chi connectivity index (χ2n) is 6.57. The first-order valence-corrected chi connectivity index (χ1v) is 8.92. The highest BCUT2D eigenvalue weighted by Crippen LogP contribution is 2.21. The number of nitro groups is 1. The molecule has 2 aromatic rings. The summed E-state index contributed by atoms with van der Waals surface area (Å²) in [5.74, 6) is -0.198. The number of amides is 1. The van der Waals surface area contributed by atoms with Crippen molar-refractivity contribution in [3.63, 3.8) is 0 Å². The van der Waals surface area contributed by atoms with E-state index in [0.29, 0.717) is 12.1 Å². The molecule has 6 heteroatoms. The van der Waals surface area contributed by atoms with Crippen molar-refractivity contribution in [2.45, 2.75) is 32.4 Å². The smallest absolute Gasteiger partial charge is 0.269 e. The zero-order valence-corrected chi connectivity index (χ0v) is 14.9. The summed E-state index contributed by atoms with van der Waals surface area (Å²) in [6.07, 6.45) is 1.98. The molecule has 0 aromatic heterocycles. The van der Waals surface area contributed by atoms with Gasteiger partial charge in [-0.1, -0.05) is 31.2 Å². The van der Waals surface area contributed by atoms with Crippen molar-refractivity contribution in [2.24, 2.45) is 0 Å². The van der Waals surface area contributed by atoms with Gasteiger partial charge >= 0.3 is 0 Å². The topological polar surface area (TPSA) is 75.5 Å². The number of hydrogen-bond donors (Lipinski definition) is 1. The minimum absolute atomic E-state index is 0.0139. The molecule has 0 saturated heterocycles. The third kappa shape index (κ3) is 4.08. The maximum absolute atomic E-state index is 12.3. The van der Waals surface area contributed by atoms with E-state index in [-0.39, 0.29) is 17.6 Å². The van der Waals surface area contributed by atoms with Gasteiger partial charge in [-0.05, 0) is 36.1 Å². The number of nitrogens with zero attached hydrogens (tertiary/aromatic N) is 2. The predicted molar refractivity (Wildman–Crippen MR) is 100 cm³/mol. The zero-order valence-electron chi connectivity index (χ0n) is 14.9. The number of hydrogen-bond acceptors (Lipinski definition) is 4. The monoisotopic (exact) mass is 353 g/mol. The van der Waals surface area contributed by atoms with Gasteiger partial charge in [-0.2, -0.15) is 0 Å². The van der Waals surface area contributed by atoms with E-state index in [0.717, 1.165) is 25.9 Å². The van der Waals surface area contributed by atoms with Gasteiger partial charge in [0.25, 0.3) is 11.6 Å². The van der Waals surface area contributed by atoms with Gasteiger partial charge in [-0.3, -0.25) is 19.8 Å². The molecule has 2 aromatic carbocycles. The van der Waals surface area contributed by atoms with Crippen LogP contribution in [0.4, 0.5) is 5.69 Å². The van der Waals surface area contributed by atoms with E-state index in [9.17, 15) is 14.9 Å². The van der Waals surface area contributed by atoms with E-state index in [1.165, 1.54) is 35.4 Å². The third-order valence-electron chi connectivity index (χ3n) is 4.99. The number of fused-ring (bicyclic) bond motifs is 1. The number of benzene rings is 2. The molecule has 1 amide bonds. The first-order chi connectivity index (χ1) is 12.6. The number of carbonyl (C=O) groups is 1. The molecule has 0 aliphatic carbocycles. The number of rotatable bonds is 6. The zero-order chi connectivity index (χ0) is 18.5. The van der Waals surface area contributed by atoms with Gasteiger partial charge in [-0.25, -0.2) is 0 Å². The molecule has 0 fully saturated rings. The quantitative estimate of drug-likeness (QED) is 0.639. The van der Waals surface area contributed by atoms with Crippen molar-refractivity contribution in [3.8, 4) is 0 Å². The molecular formula is C20H23N3O3. The SMILES string of the molecule is CCC(CNC(=O)c1ccc([N+](=O)[O-])cc1)N1CCc2ccccc2C1. The van der Waals surface area contributed by atoms with Crippen LogP contribution in [0.15, 0.2) is 48.5 Å². The van der Waals surface area contributed by atoms with Crippen LogP contribution in [0, 0.1) is 10.1 Å². The summed E-state index contributed by atoms with van der Waals surface area (Å²) in [7, 11) is 0. The van der Waals surface area contributed by atoms with E-state index in [1.807, 2.05) is 0 Å². The molecule has 0 saturated carbocycles. The lowest BCUT2D eigenvalue weighted by atomic mass is 9.98. The van der Waals surface area contributed by atoms with E-state index in [4.69, 9.17) is 0 Å². The molecular weight excluding hydrogens is 330 g/mol. The molecule has 1 atom stereocenters. The molecule has 0 bridgehead atoms. The van der Waals surface area contributed by atoms with Crippen LogP contribution in [0.2, 0.25) is 0 Å². The number of carbonyl (C=O) groups excluding carboxylic acids is 1. The van der Waals surface area contributed by atoms with E-state index in [1.54, 1.807) is 0 Å². The highest BCUT2D eigenvalue weighted by atomic mass is 16.6. The molecule has 0 radical (unpaired) electrons. The molecule has 1 unspecified atom stereocenters. The molecule has 1 aliphatic rings. The largest absolute Gasteiger partial charge is 0.350 e. The Labute approximate surface area is 153 Å². The van der Waals surface area contributed by atoms with Gasteiger partial charge in [0, 0.05) is 43.4 Å². The fourth-order valence-electron chi connectivity index (χ4n) is 3.41. The molecule has 3 rings (SSSR count). The Hall–Kier alpha value is -2.73. The molecule has 26 heavy (non-hydrogen) atoms. The van der Waals surface area contributed by atoms with Crippen molar-refractivity contribution in [1.29, 1.82) is 0 Å². The van der Waals surface area contributed by atoms with Crippen LogP contribution in [0.1, 0.15) is 34.8 Å². The van der Waals surface area contributed by atoms with Crippen LogP contribution < -0.4 is 5.32 Å². The second-order valence-corrected chi connectivity index (χ2v) is 6.57. The van der Waals surface area contributed by atoms with Crippen LogP contribution in [0.5, 0.6) is 0 Å². The first kappa shape index (κ1) is 18.1. The molecule has 0 spiro atoms. The average molecular weight is 353 g/mol. The summed E-state index contributed by atoms with van der Waals surface area (Å²) >= 11 is 0. The van der Waals surface area contributed by atoms with Crippen LogP contribution in [-0.4, -0.2) is 34.9 Å². The van der Waals surface area contributed by atoms with Crippen molar-refractivity contribution in [1.82, 2.24) is 10.2 Å². The van der Waals surface area contributed by atoms with Crippen molar-refractivity contribution in [2.75, 3.05) is 13.1 Å². The van der Waals surface area contributed by atoms with E-state index < -0.39 is 4.92 Å². The van der Waals surface area contributed by atoms with Crippen molar-refractivity contribution < 1.29 is 9.72 Å². The van der Waals surface area contributed by atoms with Gasteiger partial charge in [-0.15, -0.1) is 0 Å². The Morgan fingerprint density at radius 2 is 1.88 bits per heavy atom. The lowest BCUT2D eigenvalue weighted by Crippen LogP contribution is -2.45. The lowest BCUT2D eigenvalue weighted by Gasteiger charge is -2.35. The maximum Gasteiger partial charge on any atom is 0.269 e. The molecule has 1 heterocycles. The molecule has 136 valence electrons. The van der Waals surface area contributed by atoms with Crippen LogP contribution in [0.25, 0.3) is 0 Å². The maximum atomic E-state index is 12.3. The Morgan fingerprint density at radius 1 is 1.19 bits per heavy atom. The lowest BCUT2D eigenvalue weighted by molar-refractivity contribution is -0.384. The predicted octanol–water partition coefficient (Wildman–Crippen LogP) is 3.16. The summed E-state index contributed by atoms with van der Waals surface area (Å²) in [4.78, 5) is 25.0. The minimum Gasteiger partial charge on any atom is -0.350 e. The average Bonchev–Trinajstić information content (AvgIpc) is 2.68. The van der Waals surface area contributed by atoms with Crippen molar-refractivity contribution in [3.05, 3.63) is 75.3 Å². The summed E-state index contributed by atoms with van der Waals surface area (Å²) in [6.45, 7) is 4.59. The molecule has 1 aliphatic heterocycles. The fraction of sp³-hybridized carbons (Fsp3) is 0.350. The van der Waals surface area contributed by atoms with Gasteiger partial charge in [0.2, 0.25) is 0 Å². The normalized spacial score (nSPS) is 15.1. The number of non-ortho nitro benzene ring substituents is 1. The Morgan fingerprint density at radius 3 is 2.54 bits per heavy atom. The van der Waals surface area contributed by atoms with Crippen molar-refractivity contribution >= 4 is 11.6 Å². The van der Waals surface area contributed by atoms with Gasteiger partial charge in [0.05, 0.1) is 4.92 Å². The standard InChI is InChI=1S/C20H23N3O3/c1-2-18(22-12-11-15-5-3-4-6-17(15)14-22)13-21-20(24)16-7-9-19(10-8-16)23(25)26/h3-10,18H,2,11-14H2,1H3,(H,21,24).